The van der Waals surface area contributed by atoms with E-state index in [9.17, 15) is 9.18 Å². The van der Waals surface area contributed by atoms with Crippen LogP contribution in [-0.2, 0) is 4.79 Å². The lowest BCUT2D eigenvalue weighted by atomic mass is 9.88. The number of benzene rings is 2. The lowest BCUT2D eigenvalue weighted by Gasteiger charge is -2.28. The van der Waals surface area contributed by atoms with Crippen LogP contribution in [-0.4, -0.2) is 49.0 Å². The van der Waals surface area contributed by atoms with Crippen LogP contribution >= 0.6 is 0 Å². The first-order chi connectivity index (χ1) is 13.0. The summed E-state index contributed by atoms with van der Waals surface area (Å²) in [6, 6.07) is 14.7. The van der Waals surface area contributed by atoms with Gasteiger partial charge >= 0.3 is 0 Å². The van der Waals surface area contributed by atoms with Crippen LogP contribution < -0.4 is 4.74 Å². The third-order valence-electron chi connectivity index (χ3n) is 5.93. The molecule has 27 heavy (non-hydrogen) atoms. The van der Waals surface area contributed by atoms with Gasteiger partial charge in [-0.05, 0) is 55.3 Å². The van der Waals surface area contributed by atoms with Crippen molar-refractivity contribution in [2.45, 2.75) is 13.0 Å². The fourth-order valence-corrected chi connectivity index (χ4v) is 4.62. The summed E-state index contributed by atoms with van der Waals surface area (Å²) in [7, 11) is 2.18. The molecule has 0 aliphatic carbocycles. The van der Waals surface area contributed by atoms with Crippen molar-refractivity contribution < 1.29 is 13.9 Å². The highest BCUT2D eigenvalue weighted by Gasteiger charge is 2.47. The maximum atomic E-state index is 13.0. The van der Waals surface area contributed by atoms with E-state index in [1.807, 2.05) is 4.90 Å². The molecule has 4 rings (SSSR count). The van der Waals surface area contributed by atoms with Gasteiger partial charge in [0.15, 0.2) is 6.61 Å². The van der Waals surface area contributed by atoms with Gasteiger partial charge in [0, 0.05) is 31.6 Å². The number of likely N-dealkylation sites (tertiary alicyclic amines) is 2. The Morgan fingerprint density at radius 1 is 1.11 bits per heavy atom. The molecule has 0 N–H and O–H groups in total. The number of halogens is 1. The van der Waals surface area contributed by atoms with Crippen molar-refractivity contribution in [1.82, 2.24) is 9.80 Å². The van der Waals surface area contributed by atoms with Crippen LogP contribution in [0.1, 0.15) is 17.2 Å². The van der Waals surface area contributed by atoms with Gasteiger partial charge in [-0.3, -0.25) is 9.69 Å². The summed E-state index contributed by atoms with van der Waals surface area (Å²) in [4.78, 5) is 17.0. The van der Waals surface area contributed by atoms with E-state index in [2.05, 4.69) is 43.1 Å². The van der Waals surface area contributed by atoms with Gasteiger partial charge in [-0.1, -0.05) is 24.3 Å². The maximum absolute atomic E-state index is 13.0. The topological polar surface area (TPSA) is 32.8 Å². The second-order valence-corrected chi connectivity index (χ2v) is 7.71. The van der Waals surface area contributed by atoms with Crippen molar-refractivity contribution >= 4 is 5.91 Å². The molecule has 5 heteroatoms. The number of amides is 1. The number of rotatable bonds is 4. The molecule has 142 valence electrons. The lowest BCUT2D eigenvalue weighted by molar-refractivity contribution is -0.132. The molecule has 4 nitrogen and oxygen atoms in total. The summed E-state index contributed by atoms with van der Waals surface area (Å²) in [6.45, 7) is 4.70. The first kappa shape index (κ1) is 18.0. The van der Waals surface area contributed by atoms with Crippen molar-refractivity contribution in [3.05, 3.63) is 65.5 Å². The SMILES string of the molecule is Cc1ccccc1[C@@H]1[C@@H]2CN(C(=O)COc3ccc(F)cc3)C[C@@H]2CN1C. The Morgan fingerprint density at radius 2 is 1.85 bits per heavy atom. The van der Waals surface area contributed by atoms with Crippen LogP contribution in [0.25, 0.3) is 0 Å². The highest BCUT2D eigenvalue weighted by molar-refractivity contribution is 5.78. The maximum Gasteiger partial charge on any atom is 0.260 e. The Morgan fingerprint density at radius 3 is 2.59 bits per heavy atom. The fourth-order valence-electron chi connectivity index (χ4n) is 4.62. The molecule has 1 amide bonds. The van der Waals surface area contributed by atoms with E-state index in [4.69, 9.17) is 4.74 Å². The number of carbonyl (C=O) groups excluding carboxylic acids is 1. The van der Waals surface area contributed by atoms with Gasteiger partial charge < -0.3 is 9.64 Å². The number of fused-ring (bicyclic) bond motifs is 1. The minimum Gasteiger partial charge on any atom is -0.484 e. The summed E-state index contributed by atoms with van der Waals surface area (Å²) in [5.74, 6) is 1.15. The molecule has 2 aliphatic rings. The lowest BCUT2D eigenvalue weighted by Crippen LogP contribution is -2.36. The zero-order valence-electron chi connectivity index (χ0n) is 15.8. The Hall–Kier alpha value is -2.40. The predicted octanol–water partition coefficient (Wildman–Crippen LogP) is 3.27. The van der Waals surface area contributed by atoms with E-state index in [-0.39, 0.29) is 18.3 Å². The normalized spacial score (nSPS) is 24.9. The van der Waals surface area contributed by atoms with E-state index in [1.54, 1.807) is 12.1 Å². The number of carbonyl (C=O) groups is 1. The Bertz CT molecular complexity index is 823. The highest BCUT2D eigenvalue weighted by atomic mass is 19.1. The largest absolute Gasteiger partial charge is 0.484 e. The van der Waals surface area contributed by atoms with Crippen molar-refractivity contribution in [2.75, 3.05) is 33.3 Å². The molecular weight excluding hydrogens is 343 g/mol. The van der Waals surface area contributed by atoms with Crippen LogP contribution in [0.3, 0.4) is 0 Å². The molecule has 0 unspecified atom stereocenters. The third-order valence-corrected chi connectivity index (χ3v) is 5.93. The van der Waals surface area contributed by atoms with Crippen molar-refractivity contribution in [1.29, 1.82) is 0 Å². The second-order valence-electron chi connectivity index (χ2n) is 7.71. The molecule has 0 saturated carbocycles. The minimum atomic E-state index is -0.313. The summed E-state index contributed by atoms with van der Waals surface area (Å²) in [5.41, 5.74) is 2.67. The smallest absolute Gasteiger partial charge is 0.260 e. The van der Waals surface area contributed by atoms with Crippen LogP contribution in [0.4, 0.5) is 4.39 Å². The van der Waals surface area contributed by atoms with E-state index in [1.165, 1.54) is 23.3 Å². The van der Waals surface area contributed by atoms with E-state index < -0.39 is 0 Å². The van der Waals surface area contributed by atoms with Gasteiger partial charge in [0.25, 0.3) is 5.91 Å². The Labute approximate surface area is 159 Å². The fraction of sp³-hybridized carbons (Fsp3) is 0.409. The van der Waals surface area contributed by atoms with Gasteiger partial charge in [-0.15, -0.1) is 0 Å². The van der Waals surface area contributed by atoms with Crippen LogP contribution in [0, 0.1) is 24.6 Å². The van der Waals surface area contributed by atoms with Crippen molar-refractivity contribution in [3.63, 3.8) is 0 Å². The zero-order valence-corrected chi connectivity index (χ0v) is 15.8. The summed E-state index contributed by atoms with van der Waals surface area (Å²) in [6.07, 6.45) is 0. The first-order valence-corrected chi connectivity index (χ1v) is 9.45. The third kappa shape index (κ3) is 3.56. The van der Waals surface area contributed by atoms with Gasteiger partial charge in [-0.2, -0.15) is 0 Å². The van der Waals surface area contributed by atoms with Gasteiger partial charge in [0.1, 0.15) is 11.6 Å². The standard InChI is InChI=1S/C22H25FN2O2/c1-15-5-3-4-6-19(15)22-20-13-25(12-16(20)11-24(22)2)21(26)14-27-18-9-7-17(23)8-10-18/h3-10,16,20,22H,11-14H2,1-2H3/t16-,20+,22+/m0/s1. The predicted molar refractivity (Wildman–Crippen MR) is 102 cm³/mol. The van der Waals surface area contributed by atoms with E-state index >= 15 is 0 Å². The average molecular weight is 368 g/mol. The molecule has 2 aliphatic heterocycles. The zero-order chi connectivity index (χ0) is 19.0. The molecule has 0 radical (unpaired) electrons. The van der Waals surface area contributed by atoms with Crippen molar-refractivity contribution in [3.8, 4) is 5.75 Å². The molecule has 0 aromatic heterocycles. The number of hydrogen-bond acceptors (Lipinski definition) is 3. The molecule has 0 spiro atoms. The van der Waals surface area contributed by atoms with Gasteiger partial charge in [-0.25, -0.2) is 4.39 Å². The molecular formula is C22H25FN2O2. The minimum absolute atomic E-state index is 0.0000818. The highest BCUT2D eigenvalue weighted by Crippen LogP contribution is 2.44. The quantitative estimate of drug-likeness (QED) is 0.830. The molecule has 2 fully saturated rings. The molecule has 3 atom stereocenters. The number of hydrogen-bond donors (Lipinski definition) is 0. The van der Waals surface area contributed by atoms with E-state index in [0.717, 1.165) is 19.6 Å². The Kier molecular flexibility index (Phi) is 4.87. The average Bonchev–Trinajstić information content (AvgIpc) is 3.18. The number of nitrogens with zero attached hydrogens (tertiary/aromatic N) is 2. The molecule has 2 heterocycles. The summed E-state index contributed by atoms with van der Waals surface area (Å²) in [5, 5.41) is 0. The van der Waals surface area contributed by atoms with Crippen molar-refractivity contribution in [2.24, 2.45) is 11.8 Å². The van der Waals surface area contributed by atoms with Crippen LogP contribution in [0.2, 0.25) is 0 Å². The first-order valence-electron chi connectivity index (χ1n) is 9.45. The Balaban J connectivity index is 1.41. The summed E-state index contributed by atoms with van der Waals surface area (Å²) < 4.78 is 18.5. The van der Waals surface area contributed by atoms with Gasteiger partial charge in [0.2, 0.25) is 0 Å². The number of ether oxygens (including phenoxy) is 1. The number of aryl methyl sites for hydroxylation is 1. The second kappa shape index (κ2) is 7.31. The summed E-state index contributed by atoms with van der Waals surface area (Å²) >= 11 is 0. The molecule has 2 saturated heterocycles. The monoisotopic (exact) mass is 368 g/mol. The molecule has 2 aromatic rings. The van der Waals surface area contributed by atoms with E-state index in [0.29, 0.717) is 23.6 Å². The molecule has 0 bridgehead atoms. The van der Waals surface area contributed by atoms with Crippen LogP contribution in [0.5, 0.6) is 5.75 Å². The van der Waals surface area contributed by atoms with Gasteiger partial charge in [0.05, 0.1) is 0 Å². The molecule has 2 aromatic carbocycles. The van der Waals surface area contributed by atoms with Crippen LogP contribution in [0.15, 0.2) is 48.5 Å².